The third kappa shape index (κ3) is 5.19. The van der Waals surface area contributed by atoms with Gasteiger partial charge in [-0.15, -0.1) is 0 Å². The molecule has 0 aliphatic carbocycles. The molecule has 2 atom stereocenters. The number of alkyl halides is 3. The summed E-state index contributed by atoms with van der Waals surface area (Å²) in [7, 11) is 0. The normalized spacial score (nSPS) is 19.5. The maximum absolute atomic E-state index is 13.1. The Hall–Kier alpha value is -2.09. The molecule has 1 aliphatic heterocycles. The van der Waals surface area contributed by atoms with Crippen molar-refractivity contribution in [3.63, 3.8) is 0 Å². The van der Waals surface area contributed by atoms with Crippen molar-refractivity contribution in [1.82, 2.24) is 4.90 Å². The van der Waals surface area contributed by atoms with Crippen LogP contribution in [0.15, 0.2) is 24.3 Å². The zero-order valence-electron chi connectivity index (χ0n) is 13.8. The number of aliphatic carboxylic acids is 1. The summed E-state index contributed by atoms with van der Waals surface area (Å²) in [6.45, 7) is 2.25. The van der Waals surface area contributed by atoms with E-state index >= 15 is 0 Å². The molecule has 1 fully saturated rings. The van der Waals surface area contributed by atoms with Gasteiger partial charge in [0.2, 0.25) is 5.91 Å². The molecule has 0 bridgehead atoms. The van der Waals surface area contributed by atoms with Gasteiger partial charge in [0.25, 0.3) is 0 Å². The zero-order chi connectivity index (χ0) is 18.6. The van der Waals surface area contributed by atoms with E-state index in [2.05, 4.69) is 0 Å². The van der Waals surface area contributed by atoms with Crippen LogP contribution in [-0.2, 0) is 20.5 Å². The van der Waals surface area contributed by atoms with E-state index in [4.69, 9.17) is 9.84 Å². The largest absolute Gasteiger partial charge is 0.481 e. The number of hydrogen-bond acceptors (Lipinski definition) is 3. The lowest BCUT2D eigenvalue weighted by Crippen LogP contribution is -2.46. The molecule has 0 aromatic heterocycles. The molecule has 1 amide bonds. The van der Waals surface area contributed by atoms with E-state index in [0.29, 0.717) is 6.54 Å². The number of carbonyl (C=O) groups excluding carboxylic acids is 1. The number of carboxylic acids is 1. The first-order valence-electron chi connectivity index (χ1n) is 7.95. The fraction of sp³-hybridized carbons (Fsp3) is 0.529. The zero-order valence-corrected chi connectivity index (χ0v) is 13.8. The number of ether oxygens (including phenoxy) is 1. The lowest BCUT2D eigenvalue weighted by molar-refractivity contribution is -0.147. The molecule has 0 unspecified atom stereocenters. The maximum Gasteiger partial charge on any atom is 0.416 e. The van der Waals surface area contributed by atoms with E-state index in [-0.39, 0.29) is 37.5 Å². The molecule has 5 nitrogen and oxygen atoms in total. The molecular weight excluding hydrogens is 339 g/mol. The maximum atomic E-state index is 13.1. The Morgan fingerprint density at radius 2 is 2.04 bits per heavy atom. The van der Waals surface area contributed by atoms with E-state index in [1.807, 2.05) is 0 Å². The first-order chi connectivity index (χ1) is 11.7. The lowest BCUT2D eigenvalue weighted by Gasteiger charge is -2.33. The van der Waals surface area contributed by atoms with Crippen molar-refractivity contribution < 1.29 is 32.6 Å². The van der Waals surface area contributed by atoms with Gasteiger partial charge in [0.1, 0.15) is 0 Å². The topological polar surface area (TPSA) is 66.8 Å². The Bertz CT molecular complexity index is 633. The third-order valence-corrected chi connectivity index (χ3v) is 4.17. The summed E-state index contributed by atoms with van der Waals surface area (Å²) in [6.07, 6.45) is -5.35. The highest BCUT2D eigenvalue weighted by atomic mass is 19.4. The second-order valence-corrected chi connectivity index (χ2v) is 6.12. The predicted molar refractivity (Wildman–Crippen MR) is 83.0 cm³/mol. The van der Waals surface area contributed by atoms with Crippen molar-refractivity contribution in [2.24, 2.45) is 0 Å². The number of carboxylic acid groups (broad SMARTS) is 1. The molecule has 0 radical (unpaired) electrons. The molecular formula is C17H20F3NO4. The van der Waals surface area contributed by atoms with Crippen molar-refractivity contribution >= 4 is 11.9 Å². The third-order valence-electron chi connectivity index (χ3n) is 4.17. The van der Waals surface area contributed by atoms with E-state index in [0.717, 1.165) is 6.07 Å². The monoisotopic (exact) mass is 359 g/mol. The van der Waals surface area contributed by atoms with Gasteiger partial charge in [0, 0.05) is 19.5 Å². The van der Waals surface area contributed by atoms with Gasteiger partial charge in [0.05, 0.1) is 24.7 Å². The minimum absolute atomic E-state index is 0.0765. The van der Waals surface area contributed by atoms with Crippen LogP contribution in [0.4, 0.5) is 13.2 Å². The van der Waals surface area contributed by atoms with Crippen molar-refractivity contribution in [3.8, 4) is 0 Å². The Morgan fingerprint density at radius 1 is 1.36 bits per heavy atom. The predicted octanol–water partition coefficient (Wildman–Crippen LogP) is 2.90. The van der Waals surface area contributed by atoms with Gasteiger partial charge >= 0.3 is 12.1 Å². The molecule has 25 heavy (non-hydrogen) atoms. The molecule has 1 aromatic rings. The molecule has 1 aromatic carbocycles. The summed E-state index contributed by atoms with van der Waals surface area (Å²) in [6, 6.07) is 5.23. The quantitative estimate of drug-likeness (QED) is 0.878. The molecule has 1 N–H and O–H groups in total. The number of hydrogen-bond donors (Lipinski definition) is 1. The van der Waals surface area contributed by atoms with E-state index in [1.54, 1.807) is 6.92 Å². The summed E-state index contributed by atoms with van der Waals surface area (Å²) >= 11 is 0. The average molecular weight is 359 g/mol. The SMILES string of the molecule is C[C@H](CC(=O)N1CCO[C@@H](CC(=O)O)C1)c1ccccc1C(F)(F)F. The number of carbonyl (C=O) groups is 2. The summed E-state index contributed by atoms with van der Waals surface area (Å²) < 4.78 is 44.6. The fourth-order valence-electron chi connectivity index (χ4n) is 2.95. The lowest BCUT2D eigenvalue weighted by atomic mass is 9.92. The highest BCUT2D eigenvalue weighted by molar-refractivity contribution is 5.77. The number of rotatable bonds is 5. The summed E-state index contributed by atoms with van der Waals surface area (Å²) in [5, 5.41) is 8.80. The molecule has 1 heterocycles. The molecule has 1 saturated heterocycles. The first kappa shape index (κ1) is 19.2. The van der Waals surface area contributed by atoms with E-state index < -0.39 is 29.7 Å². The van der Waals surface area contributed by atoms with Crippen molar-refractivity contribution in [2.45, 2.75) is 38.0 Å². The Morgan fingerprint density at radius 3 is 2.68 bits per heavy atom. The van der Waals surface area contributed by atoms with Crippen molar-refractivity contribution in [1.29, 1.82) is 0 Å². The van der Waals surface area contributed by atoms with Crippen LogP contribution in [0.25, 0.3) is 0 Å². The van der Waals surface area contributed by atoms with Crippen molar-refractivity contribution in [2.75, 3.05) is 19.7 Å². The van der Waals surface area contributed by atoms with Gasteiger partial charge in [-0.3, -0.25) is 9.59 Å². The van der Waals surface area contributed by atoms with Gasteiger partial charge in [0.15, 0.2) is 0 Å². The second kappa shape index (κ2) is 7.86. The molecule has 2 rings (SSSR count). The summed E-state index contributed by atoms with van der Waals surface area (Å²) in [5.74, 6) is -1.93. The Balaban J connectivity index is 2.04. The van der Waals surface area contributed by atoms with Crippen LogP contribution in [0.3, 0.4) is 0 Å². The van der Waals surface area contributed by atoms with Crippen LogP contribution in [0.1, 0.15) is 36.8 Å². The highest BCUT2D eigenvalue weighted by Crippen LogP contribution is 2.36. The average Bonchev–Trinajstić information content (AvgIpc) is 2.53. The standard InChI is InChI=1S/C17H20F3NO4/c1-11(13-4-2-3-5-14(13)17(18,19)20)8-15(22)21-6-7-25-12(10-21)9-16(23)24/h2-5,11-12H,6-10H2,1H3,(H,23,24)/t11-,12+/m1/s1. The van der Waals surface area contributed by atoms with Gasteiger partial charge in [-0.25, -0.2) is 0 Å². The minimum Gasteiger partial charge on any atom is -0.481 e. The van der Waals surface area contributed by atoms with Gasteiger partial charge in [-0.2, -0.15) is 13.2 Å². The number of benzene rings is 1. The number of morpholine rings is 1. The molecule has 8 heteroatoms. The molecule has 1 aliphatic rings. The number of halogens is 3. The summed E-state index contributed by atoms with van der Waals surface area (Å²) in [4.78, 5) is 24.6. The minimum atomic E-state index is -4.47. The number of nitrogens with zero attached hydrogens (tertiary/aromatic N) is 1. The molecule has 0 spiro atoms. The highest BCUT2D eigenvalue weighted by Gasteiger charge is 2.35. The Labute approximate surface area is 143 Å². The van der Waals surface area contributed by atoms with Crippen LogP contribution < -0.4 is 0 Å². The smallest absolute Gasteiger partial charge is 0.416 e. The van der Waals surface area contributed by atoms with Crippen LogP contribution in [0.5, 0.6) is 0 Å². The van der Waals surface area contributed by atoms with Crippen LogP contribution in [-0.4, -0.2) is 47.7 Å². The van der Waals surface area contributed by atoms with E-state index in [9.17, 15) is 22.8 Å². The van der Waals surface area contributed by atoms with Crippen LogP contribution in [0, 0.1) is 0 Å². The molecule has 0 saturated carbocycles. The van der Waals surface area contributed by atoms with Crippen LogP contribution in [0.2, 0.25) is 0 Å². The van der Waals surface area contributed by atoms with Crippen LogP contribution >= 0.6 is 0 Å². The number of amides is 1. The second-order valence-electron chi connectivity index (χ2n) is 6.12. The van der Waals surface area contributed by atoms with Gasteiger partial charge < -0.3 is 14.7 Å². The fourth-order valence-corrected chi connectivity index (χ4v) is 2.95. The van der Waals surface area contributed by atoms with Gasteiger partial charge in [-0.05, 0) is 17.5 Å². The molecule has 138 valence electrons. The van der Waals surface area contributed by atoms with Crippen molar-refractivity contribution in [3.05, 3.63) is 35.4 Å². The summed E-state index contributed by atoms with van der Waals surface area (Å²) in [5.41, 5.74) is -0.653. The van der Waals surface area contributed by atoms with Gasteiger partial charge in [-0.1, -0.05) is 25.1 Å². The first-order valence-corrected chi connectivity index (χ1v) is 7.95. The Kier molecular flexibility index (Phi) is 6.05. The van der Waals surface area contributed by atoms with E-state index in [1.165, 1.54) is 23.1 Å².